The van der Waals surface area contributed by atoms with E-state index in [1.165, 1.54) is 0 Å². The molecule has 6 nitrogen and oxygen atoms in total. The van der Waals surface area contributed by atoms with Gasteiger partial charge in [-0.25, -0.2) is 0 Å². The lowest BCUT2D eigenvalue weighted by atomic mass is 10.1. The molecule has 188 valence electrons. The van der Waals surface area contributed by atoms with Gasteiger partial charge in [0.15, 0.2) is 0 Å². The Morgan fingerprint density at radius 3 is 1.86 bits per heavy atom. The first-order chi connectivity index (χ1) is 18.2. The monoisotopic (exact) mass is 495 g/mol. The standard InChI is InChI=1S/C31H29NO5/c33-31(34)20-15-24-11-16-28(17-12-24)35-21-26-13-18-29(19-14-26)36-23-30(27-9-5-2-6-10-27)32-37-22-25-7-3-1-4-8-25/h1-14,16-19H,15,20-23H2,(H,33,34). The molecule has 0 aliphatic rings. The number of carbonyl (C=O) groups is 1. The van der Waals surface area contributed by atoms with Crippen molar-refractivity contribution in [2.45, 2.75) is 26.1 Å². The van der Waals surface area contributed by atoms with Gasteiger partial charge in [-0.1, -0.05) is 90.1 Å². The summed E-state index contributed by atoms with van der Waals surface area (Å²) in [7, 11) is 0. The Bertz CT molecular complexity index is 1270. The maximum Gasteiger partial charge on any atom is 0.303 e. The van der Waals surface area contributed by atoms with Gasteiger partial charge in [0.1, 0.15) is 37.0 Å². The lowest BCUT2D eigenvalue weighted by Crippen LogP contribution is -2.14. The molecule has 0 aliphatic heterocycles. The lowest BCUT2D eigenvalue weighted by molar-refractivity contribution is -0.136. The molecule has 0 heterocycles. The van der Waals surface area contributed by atoms with Gasteiger partial charge in [-0.3, -0.25) is 4.79 Å². The molecule has 4 aromatic carbocycles. The van der Waals surface area contributed by atoms with Crippen LogP contribution in [0.5, 0.6) is 11.5 Å². The molecule has 0 saturated heterocycles. The predicted molar refractivity (Wildman–Crippen MR) is 143 cm³/mol. The Labute approximate surface area is 216 Å². The fourth-order valence-corrected chi connectivity index (χ4v) is 3.56. The van der Waals surface area contributed by atoms with Crippen LogP contribution in [0.4, 0.5) is 0 Å². The van der Waals surface area contributed by atoms with E-state index >= 15 is 0 Å². The molecule has 0 bridgehead atoms. The number of benzene rings is 4. The fraction of sp³-hybridized carbons (Fsp3) is 0.161. The minimum Gasteiger partial charge on any atom is -0.489 e. The van der Waals surface area contributed by atoms with E-state index in [9.17, 15) is 4.79 Å². The first-order valence-electron chi connectivity index (χ1n) is 12.1. The molecule has 6 heteroatoms. The molecule has 37 heavy (non-hydrogen) atoms. The van der Waals surface area contributed by atoms with E-state index in [1.54, 1.807) is 0 Å². The van der Waals surface area contributed by atoms with Crippen molar-refractivity contribution in [3.05, 3.63) is 131 Å². The van der Waals surface area contributed by atoms with Crippen LogP contribution in [0.2, 0.25) is 0 Å². The normalized spacial score (nSPS) is 11.1. The van der Waals surface area contributed by atoms with Gasteiger partial charge in [-0.15, -0.1) is 0 Å². The van der Waals surface area contributed by atoms with Gasteiger partial charge < -0.3 is 19.4 Å². The van der Waals surface area contributed by atoms with Gasteiger partial charge in [-0.05, 0) is 47.4 Å². The van der Waals surface area contributed by atoms with Gasteiger partial charge in [0, 0.05) is 12.0 Å². The predicted octanol–water partition coefficient (Wildman–Crippen LogP) is 6.28. The molecule has 4 rings (SSSR count). The molecule has 0 radical (unpaired) electrons. The second-order valence-electron chi connectivity index (χ2n) is 8.42. The molecule has 0 aliphatic carbocycles. The number of carboxylic acid groups (broad SMARTS) is 1. The molecule has 0 spiro atoms. The van der Waals surface area contributed by atoms with Crippen molar-refractivity contribution < 1.29 is 24.2 Å². The van der Waals surface area contributed by atoms with Gasteiger partial charge in [-0.2, -0.15) is 0 Å². The third-order valence-electron chi connectivity index (χ3n) is 5.61. The van der Waals surface area contributed by atoms with Crippen LogP contribution in [-0.2, 0) is 29.3 Å². The summed E-state index contributed by atoms with van der Waals surface area (Å²) >= 11 is 0. The largest absolute Gasteiger partial charge is 0.489 e. The molecular formula is C31H29NO5. The van der Waals surface area contributed by atoms with Gasteiger partial charge in [0.05, 0.1) is 0 Å². The first kappa shape index (κ1) is 25.5. The van der Waals surface area contributed by atoms with Gasteiger partial charge in [0.25, 0.3) is 0 Å². The van der Waals surface area contributed by atoms with E-state index in [4.69, 9.17) is 19.4 Å². The van der Waals surface area contributed by atoms with E-state index in [-0.39, 0.29) is 13.0 Å². The highest BCUT2D eigenvalue weighted by Gasteiger charge is 2.07. The molecule has 4 aromatic rings. The highest BCUT2D eigenvalue weighted by Crippen LogP contribution is 2.18. The number of rotatable bonds is 13. The van der Waals surface area contributed by atoms with Crippen LogP contribution >= 0.6 is 0 Å². The van der Waals surface area contributed by atoms with Crippen LogP contribution in [0.1, 0.15) is 28.7 Å². The third kappa shape index (κ3) is 8.54. The third-order valence-corrected chi connectivity index (χ3v) is 5.61. The summed E-state index contributed by atoms with van der Waals surface area (Å²) < 4.78 is 11.9. The van der Waals surface area contributed by atoms with Crippen molar-refractivity contribution in [3.63, 3.8) is 0 Å². The van der Waals surface area contributed by atoms with Crippen molar-refractivity contribution in [1.29, 1.82) is 0 Å². The molecule has 0 fully saturated rings. The van der Waals surface area contributed by atoms with Crippen molar-refractivity contribution in [1.82, 2.24) is 0 Å². The van der Waals surface area contributed by atoms with Crippen LogP contribution in [0.15, 0.2) is 114 Å². The Morgan fingerprint density at radius 2 is 1.22 bits per heavy atom. The number of hydrogen-bond acceptors (Lipinski definition) is 5. The molecule has 0 amide bonds. The molecule has 0 unspecified atom stereocenters. The summed E-state index contributed by atoms with van der Waals surface area (Å²) in [5.41, 5.74) is 4.67. The number of nitrogens with zero attached hydrogens (tertiary/aromatic N) is 1. The highest BCUT2D eigenvalue weighted by molar-refractivity contribution is 6.01. The van der Waals surface area contributed by atoms with Crippen LogP contribution < -0.4 is 9.47 Å². The Hall–Kier alpha value is -4.58. The van der Waals surface area contributed by atoms with Crippen LogP contribution in [-0.4, -0.2) is 23.4 Å². The summed E-state index contributed by atoms with van der Waals surface area (Å²) in [6.07, 6.45) is 0.626. The second kappa shape index (κ2) is 13.5. The summed E-state index contributed by atoms with van der Waals surface area (Å²) in [6, 6.07) is 35.0. The zero-order valence-corrected chi connectivity index (χ0v) is 20.5. The summed E-state index contributed by atoms with van der Waals surface area (Å²) in [6.45, 7) is 1.07. The fourth-order valence-electron chi connectivity index (χ4n) is 3.56. The minimum absolute atomic E-state index is 0.119. The maximum absolute atomic E-state index is 10.7. The Morgan fingerprint density at radius 1 is 0.649 bits per heavy atom. The van der Waals surface area contributed by atoms with E-state index in [0.717, 1.165) is 33.8 Å². The smallest absolute Gasteiger partial charge is 0.303 e. The average molecular weight is 496 g/mol. The maximum atomic E-state index is 10.7. The van der Waals surface area contributed by atoms with E-state index < -0.39 is 5.97 Å². The number of aliphatic carboxylic acids is 1. The van der Waals surface area contributed by atoms with Crippen LogP contribution in [0.25, 0.3) is 0 Å². The number of oxime groups is 1. The van der Waals surface area contributed by atoms with Crippen LogP contribution in [0.3, 0.4) is 0 Å². The van der Waals surface area contributed by atoms with Crippen LogP contribution in [0, 0.1) is 0 Å². The quantitative estimate of drug-likeness (QED) is 0.174. The minimum atomic E-state index is -0.798. The Balaban J connectivity index is 1.29. The van der Waals surface area contributed by atoms with Gasteiger partial charge >= 0.3 is 5.97 Å². The summed E-state index contributed by atoms with van der Waals surface area (Å²) in [5, 5.41) is 13.2. The number of hydrogen-bond donors (Lipinski definition) is 1. The van der Waals surface area contributed by atoms with E-state index in [2.05, 4.69) is 5.16 Å². The Kier molecular flexibility index (Phi) is 9.30. The zero-order valence-electron chi connectivity index (χ0n) is 20.5. The number of aryl methyl sites for hydroxylation is 1. The first-order valence-corrected chi connectivity index (χ1v) is 12.1. The average Bonchev–Trinajstić information content (AvgIpc) is 2.95. The molecule has 1 N–H and O–H groups in total. The zero-order chi connectivity index (χ0) is 25.7. The lowest BCUT2D eigenvalue weighted by Gasteiger charge is -2.11. The highest BCUT2D eigenvalue weighted by atomic mass is 16.6. The molecule has 0 saturated carbocycles. The summed E-state index contributed by atoms with van der Waals surface area (Å²) in [5.74, 6) is 0.657. The molecule has 0 aromatic heterocycles. The number of ether oxygens (including phenoxy) is 2. The van der Waals surface area contributed by atoms with Crippen molar-refractivity contribution in [2.24, 2.45) is 5.16 Å². The topological polar surface area (TPSA) is 77.4 Å². The van der Waals surface area contributed by atoms with E-state index in [0.29, 0.717) is 25.3 Å². The van der Waals surface area contributed by atoms with Gasteiger partial charge in [0.2, 0.25) is 0 Å². The SMILES string of the molecule is O=C(O)CCc1ccc(OCc2ccc(OCC(=NOCc3ccccc3)c3ccccc3)cc2)cc1. The second-order valence-corrected chi connectivity index (χ2v) is 8.42. The number of carboxylic acids is 1. The van der Waals surface area contributed by atoms with Crippen molar-refractivity contribution in [2.75, 3.05) is 6.61 Å². The summed E-state index contributed by atoms with van der Waals surface area (Å²) in [4.78, 5) is 16.3. The van der Waals surface area contributed by atoms with Crippen molar-refractivity contribution >= 4 is 11.7 Å². The van der Waals surface area contributed by atoms with Crippen molar-refractivity contribution in [3.8, 4) is 11.5 Å². The van der Waals surface area contributed by atoms with E-state index in [1.807, 2.05) is 109 Å². The molecular weight excluding hydrogens is 466 g/mol. The molecule has 0 atom stereocenters.